The van der Waals surface area contributed by atoms with Gasteiger partial charge in [0, 0.05) is 31.5 Å². The maximum Gasteiger partial charge on any atom is 0.307 e. The van der Waals surface area contributed by atoms with Crippen molar-refractivity contribution in [3.63, 3.8) is 0 Å². The van der Waals surface area contributed by atoms with Gasteiger partial charge in [-0.3, -0.25) is 19.7 Å². The van der Waals surface area contributed by atoms with Crippen LogP contribution < -0.4 is 0 Å². The summed E-state index contributed by atoms with van der Waals surface area (Å²) >= 11 is 1.09. The quantitative estimate of drug-likeness (QED) is 0.490. The molecule has 0 aliphatic heterocycles. The minimum Gasteiger partial charge on any atom is -0.481 e. The molecule has 0 fully saturated rings. The van der Waals surface area contributed by atoms with E-state index in [0.29, 0.717) is 4.90 Å². The summed E-state index contributed by atoms with van der Waals surface area (Å²) in [7, 11) is 3.12. The summed E-state index contributed by atoms with van der Waals surface area (Å²) in [5.74, 6) is -1.67. The average molecular weight is 312 g/mol. The number of hydrogen-bond acceptors (Lipinski definition) is 5. The molecule has 0 aromatic heterocycles. The highest BCUT2D eigenvalue weighted by molar-refractivity contribution is 7.99. The van der Waals surface area contributed by atoms with Gasteiger partial charge in [-0.2, -0.15) is 0 Å². The Morgan fingerprint density at radius 1 is 1.43 bits per heavy atom. The largest absolute Gasteiger partial charge is 0.481 e. The van der Waals surface area contributed by atoms with Gasteiger partial charge in [-0.05, 0) is 12.1 Å². The lowest BCUT2D eigenvalue weighted by Crippen LogP contribution is -2.21. The fraction of sp³-hybridized carbons (Fsp3) is 0.385. The van der Waals surface area contributed by atoms with E-state index < -0.39 is 16.8 Å². The van der Waals surface area contributed by atoms with E-state index in [1.54, 1.807) is 14.1 Å². The fourth-order valence-corrected chi connectivity index (χ4v) is 2.48. The smallest absolute Gasteiger partial charge is 0.307 e. The SMILES string of the molecule is CC(CSc1ccc(C(=O)N(C)C)cc1[N+](=O)[O-])C(=O)O. The molecule has 0 bridgehead atoms. The van der Waals surface area contributed by atoms with Crippen LogP contribution in [0.4, 0.5) is 5.69 Å². The van der Waals surface area contributed by atoms with Gasteiger partial charge < -0.3 is 10.0 Å². The molecular formula is C13H16N2O5S. The van der Waals surface area contributed by atoms with Crippen LogP contribution in [0.5, 0.6) is 0 Å². The topological polar surface area (TPSA) is 101 Å². The maximum absolute atomic E-state index is 11.8. The molecule has 0 spiro atoms. The Balaban J connectivity index is 3.03. The predicted molar refractivity (Wildman–Crippen MR) is 78.6 cm³/mol. The van der Waals surface area contributed by atoms with Crippen molar-refractivity contribution in [3.05, 3.63) is 33.9 Å². The monoisotopic (exact) mass is 312 g/mol. The van der Waals surface area contributed by atoms with Crippen LogP contribution in [0.3, 0.4) is 0 Å². The molecule has 0 saturated carbocycles. The average Bonchev–Trinajstić information content (AvgIpc) is 2.43. The first-order valence-electron chi connectivity index (χ1n) is 6.09. The van der Waals surface area contributed by atoms with Crippen LogP contribution in [0, 0.1) is 16.0 Å². The van der Waals surface area contributed by atoms with Crippen LogP contribution in [0.25, 0.3) is 0 Å². The molecule has 114 valence electrons. The Bertz CT molecular complexity index is 574. The number of carbonyl (C=O) groups excluding carboxylic acids is 1. The van der Waals surface area contributed by atoms with Crippen LogP contribution >= 0.6 is 11.8 Å². The van der Waals surface area contributed by atoms with Gasteiger partial charge in [-0.25, -0.2) is 0 Å². The fourth-order valence-electron chi connectivity index (χ4n) is 1.46. The highest BCUT2D eigenvalue weighted by atomic mass is 32.2. The third-order valence-corrected chi connectivity index (χ3v) is 4.04. The van der Waals surface area contributed by atoms with Gasteiger partial charge in [0.2, 0.25) is 0 Å². The number of nitro groups is 1. The van der Waals surface area contributed by atoms with Gasteiger partial charge in [0.1, 0.15) is 0 Å². The summed E-state index contributed by atoms with van der Waals surface area (Å²) in [6.45, 7) is 1.53. The number of nitro benzene ring substituents is 1. The highest BCUT2D eigenvalue weighted by Gasteiger charge is 2.20. The minimum atomic E-state index is -0.954. The molecule has 0 heterocycles. The van der Waals surface area contributed by atoms with E-state index in [0.717, 1.165) is 11.8 Å². The van der Waals surface area contributed by atoms with Crippen molar-refractivity contribution in [2.45, 2.75) is 11.8 Å². The molecule has 0 aliphatic rings. The number of amides is 1. The molecule has 21 heavy (non-hydrogen) atoms. The summed E-state index contributed by atoms with van der Waals surface area (Å²) in [5.41, 5.74) is 0.0348. The van der Waals surface area contributed by atoms with Gasteiger partial charge in [-0.1, -0.05) is 6.92 Å². The highest BCUT2D eigenvalue weighted by Crippen LogP contribution is 2.31. The summed E-state index contributed by atoms with van der Waals surface area (Å²) in [6.07, 6.45) is 0. The lowest BCUT2D eigenvalue weighted by Gasteiger charge is -2.11. The van der Waals surface area contributed by atoms with Gasteiger partial charge >= 0.3 is 5.97 Å². The normalized spacial score (nSPS) is 11.8. The van der Waals surface area contributed by atoms with Gasteiger partial charge in [0.05, 0.1) is 15.7 Å². The molecule has 1 aromatic carbocycles. The number of carboxylic acid groups (broad SMARTS) is 1. The van der Waals surface area contributed by atoms with Gasteiger partial charge in [-0.15, -0.1) is 11.8 Å². The Kier molecular flexibility index (Phi) is 5.71. The second kappa shape index (κ2) is 7.07. The zero-order valence-corrected chi connectivity index (χ0v) is 12.7. The van der Waals surface area contributed by atoms with Crippen molar-refractivity contribution < 1.29 is 19.6 Å². The predicted octanol–water partition coefficient (Wildman–Crippen LogP) is 2.11. The second-order valence-corrected chi connectivity index (χ2v) is 5.75. The first-order chi connectivity index (χ1) is 9.73. The van der Waals surface area contributed by atoms with E-state index in [1.165, 1.54) is 30.0 Å². The van der Waals surface area contributed by atoms with Crippen molar-refractivity contribution >= 4 is 29.3 Å². The number of nitrogens with zero attached hydrogens (tertiary/aromatic N) is 2. The molecule has 0 radical (unpaired) electrons. The van der Waals surface area contributed by atoms with E-state index in [4.69, 9.17) is 5.11 Å². The number of carbonyl (C=O) groups is 2. The van der Waals surface area contributed by atoms with Crippen LogP contribution in [0.2, 0.25) is 0 Å². The standard InChI is InChI=1S/C13H16N2O5S/c1-8(13(17)18)7-21-11-5-4-9(12(16)14(2)3)6-10(11)15(19)20/h4-6,8H,7H2,1-3H3,(H,17,18). The lowest BCUT2D eigenvalue weighted by atomic mass is 10.2. The third-order valence-electron chi connectivity index (χ3n) is 2.72. The van der Waals surface area contributed by atoms with Crippen LogP contribution in [0.1, 0.15) is 17.3 Å². The first kappa shape index (κ1) is 17.0. The Morgan fingerprint density at radius 2 is 2.05 bits per heavy atom. The van der Waals surface area contributed by atoms with Crippen molar-refractivity contribution in [2.24, 2.45) is 5.92 Å². The number of benzene rings is 1. The number of aliphatic carboxylic acids is 1. The third kappa shape index (κ3) is 4.45. The molecule has 0 saturated heterocycles. The van der Waals surface area contributed by atoms with Crippen molar-refractivity contribution in [1.29, 1.82) is 0 Å². The van der Waals surface area contributed by atoms with Crippen molar-refractivity contribution in [2.75, 3.05) is 19.8 Å². The Labute approximate surface area is 126 Å². The molecule has 1 amide bonds. The summed E-state index contributed by atoms with van der Waals surface area (Å²) in [6, 6.07) is 4.20. The number of rotatable bonds is 6. The van der Waals surface area contributed by atoms with E-state index in [1.807, 2.05) is 0 Å². The maximum atomic E-state index is 11.8. The molecular weight excluding hydrogens is 296 g/mol. The van der Waals surface area contributed by atoms with Crippen molar-refractivity contribution in [3.8, 4) is 0 Å². The first-order valence-corrected chi connectivity index (χ1v) is 7.08. The summed E-state index contributed by atoms with van der Waals surface area (Å²) < 4.78 is 0. The van der Waals surface area contributed by atoms with Crippen molar-refractivity contribution in [1.82, 2.24) is 4.90 Å². The van der Waals surface area contributed by atoms with E-state index in [9.17, 15) is 19.7 Å². The summed E-state index contributed by atoms with van der Waals surface area (Å²) in [5, 5.41) is 19.9. The molecule has 0 aliphatic carbocycles. The van der Waals surface area contributed by atoms with Gasteiger partial charge in [0.15, 0.2) is 0 Å². The molecule has 7 nitrogen and oxygen atoms in total. The number of hydrogen-bond donors (Lipinski definition) is 1. The van der Waals surface area contributed by atoms with E-state index >= 15 is 0 Å². The minimum absolute atomic E-state index is 0.190. The lowest BCUT2D eigenvalue weighted by molar-refractivity contribution is -0.387. The van der Waals surface area contributed by atoms with E-state index in [-0.39, 0.29) is 22.9 Å². The summed E-state index contributed by atoms with van der Waals surface area (Å²) in [4.78, 5) is 34.8. The second-order valence-electron chi connectivity index (χ2n) is 4.69. The van der Waals surface area contributed by atoms with Gasteiger partial charge in [0.25, 0.3) is 11.6 Å². The Morgan fingerprint density at radius 3 is 2.52 bits per heavy atom. The number of thioether (sulfide) groups is 1. The molecule has 8 heteroatoms. The van der Waals surface area contributed by atoms with Crippen LogP contribution in [-0.2, 0) is 4.79 Å². The zero-order valence-electron chi connectivity index (χ0n) is 11.9. The number of carboxylic acids is 1. The Hall–Kier alpha value is -2.09. The molecule has 1 atom stereocenters. The van der Waals surface area contributed by atoms with Crippen LogP contribution in [-0.4, -0.2) is 46.7 Å². The molecule has 1 unspecified atom stereocenters. The van der Waals surface area contributed by atoms with Crippen LogP contribution in [0.15, 0.2) is 23.1 Å². The zero-order chi connectivity index (χ0) is 16.2. The molecule has 1 rings (SSSR count). The molecule has 1 N–H and O–H groups in total. The molecule has 1 aromatic rings. The van der Waals surface area contributed by atoms with E-state index in [2.05, 4.69) is 0 Å².